The first-order valence-corrected chi connectivity index (χ1v) is 9.81. The Hall–Kier alpha value is -1.60. The molecule has 0 aliphatic carbocycles. The van der Waals surface area contributed by atoms with Gasteiger partial charge in [0.1, 0.15) is 5.82 Å². The van der Waals surface area contributed by atoms with Gasteiger partial charge >= 0.3 is 10.2 Å². The van der Waals surface area contributed by atoms with Gasteiger partial charge in [0.25, 0.3) is 0 Å². The van der Waals surface area contributed by atoms with Gasteiger partial charge in [0.15, 0.2) is 0 Å². The van der Waals surface area contributed by atoms with E-state index in [0.29, 0.717) is 17.9 Å². The molecule has 0 unspecified atom stereocenters. The lowest BCUT2D eigenvalue weighted by atomic mass is 10.2. The first-order valence-electron chi connectivity index (χ1n) is 7.30. The lowest BCUT2D eigenvalue weighted by molar-refractivity contribution is 0.588. The average Bonchev–Trinajstić information content (AvgIpc) is 2.76. The summed E-state index contributed by atoms with van der Waals surface area (Å²) in [6.07, 6.45) is 1.60. The van der Waals surface area contributed by atoms with E-state index in [1.165, 1.54) is 16.4 Å². The molecule has 0 bridgehead atoms. The molecule has 0 radical (unpaired) electrons. The summed E-state index contributed by atoms with van der Waals surface area (Å²) in [7, 11) is -3.83. The van der Waals surface area contributed by atoms with Crippen LogP contribution in [0.25, 0.3) is 0 Å². The van der Waals surface area contributed by atoms with Crippen molar-refractivity contribution >= 4 is 43.2 Å². The van der Waals surface area contributed by atoms with Crippen molar-refractivity contribution in [2.75, 3.05) is 20.5 Å². The zero-order valence-electron chi connectivity index (χ0n) is 12.3. The van der Waals surface area contributed by atoms with Gasteiger partial charge in [-0.2, -0.15) is 8.42 Å². The summed E-state index contributed by atoms with van der Waals surface area (Å²) in [5, 5.41) is 0.819. The van der Waals surface area contributed by atoms with Gasteiger partial charge in [0, 0.05) is 11.9 Å². The number of unbranched alkanes of at least 4 members (excludes halogenated alkanes) is 1. The van der Waals surface area contributed by atoms with Gasteiger partial charge < -0.3 is 0 Å². The first-order chi connectivity index (χ1) is 11.1. The monoisotopic (exact) mass is 398 g/mol. The van der Waals surface area contributed by atoms with Crippen LogP contribution in [-0.2, 0) is 10.2 Å². The predicted octanol–water partition coefficient (Wildman–Crippen LogP) is 4.20. The minimum absolute atomic E-state index is 0.0444. The van der Waals surface area contributed by atoms with E-state index in [1.807, 2.05) is 0 Å². The van der Waals surface area contributed by atoms with Crippen LogP contribution in [0.4, 0.5) is 21.5 Å². The van der Waals surface area contributed by atoms with Crippen molar-refractivity contribution in [3.63, 3.8) is 0 Å². The molecule has 0 spiro atoms. The third kappa shape index (κ3) is 2.83. The zero-order valence-corrected chi connectivity index (χ0v) is 14.7. The van der Waals surface area contributed by atoms with Crippen LogP contribution in [0.1, 0.15) is 12.8 Å². The molecule has 0 atom stereocenters. The third-order valence-electron chi connectivity index (χ3n) is 3.69. The molecule has 23 heavy (non-hydrogen) atoms. The van der Waals surface area contributed by atoms with E-state index in [4.69, 9.17) is 0 Å². The molecule has 0 saturated heterocycles. The van der Waals surface area contributed by atoms with Gasteiger partial charge in [0.05, 0.1) is 17.1 Å². The minimum atomic E-state index is -3.83. The van der Waals surface area contributed by atoms with Crippen molar-refractivity contribution in [1.29, 1.82) is 0 Å². The van der Waals surface area contributed by atoms with E-state index in [-0.39, 0.29) is 5.69 Å². The Balaban J connectivity index is 2.09. The van der Waals surface area contributed by atoms with E-state index in [2.05, 4.69) is 15.9 Å². The van der Waals surface area contributed by atoms with Crippen LogP contribution in [-0.4, -0.2) is 20.3 Å². The molecule has 0 N–H and O–H groups in total. The molecule has 0 aromatic heterocycles. The molecule has 0 saturated carbocycles. The molecule has 122 valence electrons. The number of anilines is 3. The third-order valence-corrected chi connectivity index (χ3v) is 6.05. The summed E-state index contributed by atoms with van der Waals surface area (Å²) in [4.78, 5) is 0. The second-order valence-electron chi connectivity index (χ2n) is 5.18. The Kier molecular flexibility index (Phi) is 4.59. The molecule has 2 aromatic carbocycles. The Bertz CT molecular complexity index is 813. The molecule has 1 aliphatic heterocycles. The number of para-hydroxylation sites is 3. The summed E-state index contributed by atoms with van der Waals surface area (Å²) in [5.74, 6) is -0.562. The topological polar surface area (TPSA) is 40.6 Å². The van der Waals surface area contributed by atoms with Gasteiger partial charge in [-0.1, -0.05) is 40.2 Å². The van der Waals surface area contributed by atoms with Crippen LogP contribution in [0.3, 0.4) is 0 Å². The largest absolute Gasteiger partial charge is 0.331 e. The molecule has 3 rings (SSSR count). The van der Waals surface area contributed by atoms with Crippen molar-refractivity contribution < 1.29 is 12.8 Å². The van der Waals surface area contributed by atoms with E-state index >= 15 is 0 Å². The second-order valence-corrected chi connectivity index (χ2v) is 7.68. The van der Waals surface area contributed by atoms with Gasteiger partial charge in [-0.15, -0.1) is 0 Å². The maximum absolute atomic E-state index is 14.2. The van der Waals surface area contributed by atoms with Crippen molar-refractivity contribution in [3.05, 3.63) is 54.3 Å². The Morgan fingerprint density at radius 1 is 0.913 bits per heavy atom. The summed E-state index contributed by atoms with van der Waals surface area (Å²) in [6.45, 7) is 0.371. The molecule has 4 nitrogen and oxygen atoms in total. The van der Waals surface area contributed by atoms with Gasteiger partial charge in [-0.3, -0.25) is 4.31 Å². The highest BCUT2D eigenvalue weighted by Gasteiger charge is 2.41. The molecule has 0 amide bonds. The smallest absolute Gasteiger partial charge is 0.251 e. The van der Waals surface area contributed by atoms with Crippen molar-refractivity contribution in [1.82, 2.24) is 0 Å². The van der Waals surface area contributed by atoms with Gasteiger partial charge in [-0.05, 0) is 37.1 Å². The maximum atomic E-state index is 14.2. The molecule has 2 aromatic rings. The Labute approximate surface area is 143 Å². The highest BCUT2D eigenvalue weighted by atomic mass is 79.9. The van der Waals surface area contributed by atoms with E-state index in [9.17, 15) is 12.8 Å². The van der Waals surface area contributed by atoms with Crippen LogP contribution >= 0.6 is 15.9 Å². The average molecular weight is 399 g/mol. The Morgan fingerprint density at radius 3 is 2.17 bits per heavy atom. The molecular weight excluding hydrogens is 383 g/mol. The van der Waals surface area contributed by atoms with Crippen LogP contribution in [0.5, 0.6) is 0 Å². The number of hydrogen-bond acceptors (Lipinski definition) is 2. The second kappa shape index (κ2) is 6.49. The number of benzene rings is 2. The summed E-state index contributed by atoms with van der Waals surface area (Å²) in [5.41, 5.74) is 1.12. The zero-order chi connectivity index (χ0) is 16.4. The molecule has 1 heterocycles. The fraction of sp³-hybridized carbons (Fsp3) is 0.250. The number of rotatable bonds is 5. The van der Waals surface area contributed by atoms with Gasteiger partial charge in [-0.25, -0.2) is 8.70 Å². The fourth-order valence-electron chi connectivity index (χ4n) is 2.65. The lowest BCUT2D eigenvalue weighted by Gasteiger charge is -2.22. The van der Waals surface area contributed by atoms with Crippen LogP contribution < -0.4 is 8.61 Å². The quantitative estimate of drug-likeness (QED) is 0.559. The summed E-state index contributed by atoms with van der Waals surface area (Å²) in [6, 6.07) is 12.9. The maximum Gasteiger partial charge on any atom is 0.331 e. The van der Waals surface area contributed by atoms with E-state index in [0.717, 1.165) is 22.5 Å². The molecule has 7 heteroatoms. The fourth-order valence-corrected chi connectivity index (χ4v) is 4.81. The normalized spacial score (nSPS) is 15.7. The van der Waals surface area contributed by atoms with Crippen LogP contribution in [0.15, 0.2) is 48.5 Å². The lowest BCUT2D eigenvalue weighted by Crippen LogP contribution is -2.36. The van der Waals surface area contributed by atoms with E-state index < -0.39 is 16.0 Å². The minimum Gasteiger partial charge on any atom is -0.251 e. The molecule has 1 aliphatic rings. The predicted molar refractivity (Wildman–Crippen MR) is 94.3 cm³/mol. The number of nitrogens with zero attached hydrogens (tertiary/aromatic N) is 2. The van der Waals surface area contributed by atoms with Gasteiger partial charge in [0.2, 0.25) is 0 Å². The summed E-state index contributed by atoms with van der Waals surface area (Å²) < 4.78 is 42.6. The number of fused-ring (bicyclic) bond motifs is 1. The summed E-state index contributed by atoms with van der Waals surface area (Å²) >= 11 is 3.35. The SMILES string of the molecule is O=S1(=O)N(CCCCBr)c2ccccc2N1c1ccccc1F. The number of hydrogen-bond donors (Lipinski definition) is 0. The standard InChI is InChI=1S/C16H16BrFN2O2S/c17-11-5-6-12-19-15-9-3-4-10-16(15)20(23(19,21)22)14-8-2-1-7-13(14)18/h1-4,7-10H,5-6,11-12H2. The van der Waals surface area contributed by atoms with Crippen molar-refractivity contribution in [2.24, 2.45) is 0 Å². The van der Waals surface area contributed by atoms with E-state index in [1.54, 1.807) is 36.4 Å². The molecule has 0 fully saturated rings. The van der Waals surface area contributed by atoms with Crippen LogP contribution in [0.2, 0.25) is 0 Å². The number of halogens is 2. The Morgan fingerprint density at radius 2 is 1.52 bits per heavy atom. The van der Waals surface area contributed by atoms with Crippen LogP contribution in [0, 0.1) is 5.82 Å². The number of alkyl halides is 1. The highest BCUT2D eigenvalue weighted by Crippen LogP contribution is 2.45. The molecular formula is C16H16BrFN2O2S. The highest BCUT2D eigenvalue weighted by molar-refractivity contribution is 9.09. The van der Waals surface area contributed by atoms with Crippen molar-refractivity contribution in [3.8, 4) is 0 Å². The first kappa shape index (κ1) is 16.3. The van der Waals surface area contributed by atoms with Crippen molar-refractivity contribution in [2.45, 2.75) is 12.8 Å².